The van der Waals surface area contributed by atoms with E-state index in [4.69, 9.17) is 5.11 Å². The fraction of sp³-hybridized carbons (Fsp3) is 0.200. The molecule has 0 bridgehead atoms. The lowest BCUT2D eigenvalue weighted by Crippen LogP contribution is -2.29. The Morgan fingerprint density at radius 2 is 1.64 bits per heavy atom. The maximum Gasteiger partial charge on any atom is 0.335 e. The molecular weight excluding hydrogens is 318 g/mol. The van der Waals surface area contributed by atoms with E-state index >= 15 is 0 Å². The van der Waals surface area contributed by atoms with Gasteiger partial charge in [-0.05, 0) is 53.8 Å². The molecule has 25 heavy (non-hydrogen) atoms. The van der Waals surface area contributed by atoms with Crippen molar-refractivity contribution in [3.8, 4) is 0 Å². The Morgan fingerprint density at radius 1 is 0.960 bits per heavy atom. The second-order valence-electron chi connectivity index (χ2n) is 6.51. The van der Waals surface area contributed by atoms with Gasteiger partial charge in [-0.15, -0.1) is 0 Å². The maximum absolute atomic E-state index is 11.3. The van der Waals surface area contributed by atoms with E-state index < -0.39 is 11.9 Å². The molecule has 1 heterocycles. The van der Waals surface area contributed by atoms with E-state index in [2.05, 4.69) is 17.5 Å². The molecular formula is C20H17NO4. The molecule has 0 fully saturated rings. The summed E-state index contributed by atoms with van der Waals surface area (Å²) in [5, 5.41) is 21.8. The van der Waals surface area contributed by atoms with Gasteiger partial charge in [-0.3, -0.25) is 0 Å². The number of hydrogen-bond acceptors (Lipinski definition) is 3. The summed E-state index contributed by atoms with van der Waals surface area (Å²) in [4.78, 5) is 22.3. The standard InChI is InChI=1S/C20H17NO4/c22-19(23)12-6-4-11(5-7-12)18-15-3-1-2-14(15)16-10-13(20(24)25)8-9-17(16)21-18/h1-2,4-10,14-15,18,21H,3H2,(H,22,23)(H,24,25)/t14-,15+,18?/m0/s1. The zero-order valence-corrected chi connectivity index (χ0v) is 13.3. The second-order valence-corrected chi connectivity index (χ2v) is 6.51. The molecule has 0 saturated heterocycles. The highest BCUT2D eigenvalue weighted by Crippen LogP contribution is 2.49. The maximum atomic E-state index is 11.3. The zero-order valence-electron chi connectivity index (χ0n) is 13.3. The lowest BCUT2D eigenvalue weighted by atomic mass is 9.76. The van der Waals surface area contributed by atoms with Gasteiger partial charge in [0.05, 0.1) is 17.2 Å². The van der Waals surface area contributed by atoms with Crippen LogP contribution < -0.4 is 5.32 Å². The Morgan fingerprint density at radius 3 is 2.32 bits per heavy atom. The fourth-order valence-electron chi connectivity index (χ4n) is 3.89. The van der Waals surface area contributed by atoms with Crippen LogP contribution in [0.5, 0.6) is 0 Å². The van der Waals surface area contributed by atoms with Crippen molar-refractivity contribution in [3.63, 3.8) is 0 Å². The van der Waals surface area contributed by atoms with Crippen LogP contribution in [0.4, 0.5) is 5.69 Å². The van der Waals surface area contributed by atoms with Crippen molar-refractivity contribution in [1.82, 2.24) is 0 Å². The smallest absolute Gasteiger partial charge is 0.335 e. The van der Waals surface area contributed by atoms with Gasteiger partial charge in [-0.1, -0.05) is 24.3 Å². The Hall–Kier alpha value is -3.08. The number of allylic oxidation sites excluding steroid dienone is 2. The molecule has 0 radical (unpaired) electrons. The highest BCUT2D eigenvalue weighted by atomic mass is 16.4. The lowest BCUT2D eigenvalue weighted by molar-refractivity contribution is 0.0686. The molecule has 1 aliphatic carbocycles. The van der Waals surface area contributed by atoms with Gasteiger partial charge in [0.1, 0.15) is 0 Å². The van der Waals surface area contributed by atoms with Crippen LogP contribution in [-0.4, -0.2) is 22.2 Å². The molecule has 3 atom stereocenters. The SMILES string of the molecule is O=C(O)c1ccc(C2Nc3ccc(C(=O)O)cc3[C@H]3C=CC[C@@H]23)cc1. The summed E-state index contributed by atoms with van der Waals surface area (Å²) in [5.41, 5.74) is 3.55. The van der Waals surface area contributed by atoms with Crippen LogP contribution in [0, 0.1) is 5.92 Å². The Balaban J connectivity index is 1.72. The van der Waals surface area contributed by atoms with Crippen molar-refractivity contribution in [3.05, 3.63) is 76.9 Å². The van der Waals surface area contributed by atoms with Gasteiger partial charge in [0.15, 0.2) is 0 Å². The number of aromatic carboxylic acids is 2. The van der Waals surface area contributed by atoms with Gasteiger partial charge in [-0.25, -0.2) is 9.59 Å². The van der Waals surface area contributed by atoms with Crippen molar-refractivity contribution in [1.29, 1.82) is 0 Å². The van der Waals surface area contributed by atoms with Crippen molar-refractivity contribution < 1.29 is 19.8 Å². The topological polar surface area (TPSA) is 86.6 Å². The first-order valence-corrected chi connectivity index (χ1v) is 8.18. The average Bonchev–Trinajstić information content (AvgIpc) is 3.10. The first-order valence-electron chi connectivity index (χ1n) is 8.18. The largest absolute Gasteiger partial charge is 0.478 e. The molecule has 4 rings (SSSR count). The van der Waals surface area contributed by atoms with Crippen LogP contribution in [0.1, 0.15) is 50.2 Å². The van der Waals surface area contributed by atoms with Crippen molar-refractivity contribution in [2.75, 3.05) is 5.32 Å². The third-order valence-electron chi connectivity index (χ3n) is 5.13. The minimum atomic E-state index is -0.935. The van der Waals surface area contributed by atoms with Gasteiger partial charge >= 0.3 is 11.9 Å². The molecule has 2 aromatic carbocycles. The molecule has 2 aromatic rings. The van der Waals surface area contributed by atoms with E-state index in [-0.39, 0.29) is 23.4 Å². The number of anilines is 1. The van der Waals surface area contributed by atoms with Gasteiger partial charge in [-0.2, -0.15) is 0 Å². The van der Waals surface area contributed by atoms with Gasteiger partial charge in [0, 0.05) is 11.6 Å². The fourth-order valence-corrected chi connectivity index (χ4v) is 3.89. The lowest BCUT2D eigenvalue weighted by Gasteiger charge is -2.37. The molecule has 1 unspecified atom stereocenters. The Labute approximate surface area is 144 Å². The summed E-state index contributed by atoms with van der Waals surface area (Å²) in [5.74, 6) is -1.41. The molecule has 1 aliphatic heterocycles. The zero-order chi connectivity index (χ0) is 17.6. The first kappa shape index (κ1) is 15.4. The molecule has 3 N–H and O–H groups in total. The van der Waals surface area contributed by atoms with Crippen molar-refractivity contribution >= 4 is 17.6 Å². The van der Waals surface area contributed by atoms with Crippen LogP contribution in [0.25, 0.3) is 0 Å². The molecule has 0 spiro atoms. The van der Waals surface area contributed by atoms with Crippen LogP contribution in [0.2, 0.25) is 0 Å². The number of nitrogens with one attached hydrogen (secondary N) is 1. The summed E-state index contributed by atoms with van der Waals surface area (Å²) in [6.45, 7) is 0. The summed E-state index contributed by atoms with van der Waals surface area (Å²) in [7, 11) is 0. The summed E-state index contributed by atoms with van der Waals surface area (Å²) in [6.07, 6.45) is 5.19. The highest BCUT2D eigenvalue weighted by molar-refractivity contribution is 5.89. The Kier molecular flexibility index (Phi) is 3.57. The van der Waals surface area contributed by atoms with Gasteiger partial charge in [0.25, 0.3) is 0 Å². The third kappa shape index (κ3) is 2.58. The van der Waals surface area contributed by atoms with E-state index in [1.165, 1.54) is 0 Å². The minimum Gasteiger partial charge on any atom is -0.478 e. The summed E-state index contributed by atoms with van der Waals surface area (Å²) in [6, 6.07) is 12.2. The van der Waals surface area contributed by atoms with E-state index in [9.17, 15) is 14.7 Å². The Bertz CT molecular complexity index is 885. The molecule has 0 amide bonds. The monoisotopic (exact) mass is 335 g/mol. The van der Waals surface area contributed by atoms with Gasteiger partial charge < -0.3 is 15.5 Å². The summed E-state index contributed by atoms with van der Waals surface area (Å²) >= 11 is 0. The van der Waals surface area contributed by atoms with Crippen LogP contribution in [0.15, 0.2) is 54.6 Å². The number of carboxylic acid groups (broad SMARTS) is 2. The number of rotatable bonds is 3. The number of benzene rings is 2. The molecule has 126 valence electrons. The molecule has 5 nitrogen and oxygen atoms in total. The van der Waals surface area contributed by atoms with Crippen molar-refractivity contribution in [2.45, 2.75) is 18.4 Å². The predicted molar refractivity (Wildman–Crippen MR) is 93.2 cm³/mol. The minimum absolute atomic E-state index is 0.0611. The van der Waals surface area contributed by atoms with Crippen LogP contribution in [-0.2, 0) is 0 Å². The van der Waals surface area contributed by atoms with Crippen LogP contribution in [0.3, 0.4) is 0 Å². The highest BCUT2D eigenvalue weighted by Gasteiger charge is 2.38. The third-order valence-corrected chi connectivity index (χ3v) is 5.13. The van der Waals surface area contributed by atoms with E-state index in [1.54, 1.807) is 24.3 Å². The molecule has 0 saturated carbocycles. The number of carboxylic acids is 2. The number of fused-ring (bicyclic) bond motifs is 3. The molecule has 5 heteroatoms. The van der Waals surface area contributed by atoms with Crippen LogP contribution >= 0.6 is 0 Å². The number of hydrogen-bond donors (Lipinski definition) is 3. The van der Waals surface area contributed by atoms with Gasteiger partial charge in [0.2, 0.25) is 0 Å². The van der Waals surface area contributed by atoms with E-state index in [0.29, 0.717) is 5.56 Å². The molecule has 0 aromatic heterocycles. The second kappa shape index (κ2) is 5.77. The van der Waals surface area contributed by atoms with Crippen molar-refractivity contribution in [2.24, 2.45) is 5.92 Å². The number of carbonyl (C=O) groups is 2. The van der Waals surface area contributed by atoms with E-state index in [0.717, 1.165) is 23.2 Å². The first-order chi connectivity index (χ1) is 12.0. The normalized spacial score (nSPS) is 23.4. The van der Waals surface area contributed by atoms with E-state index in [1.807, 2.05) is 18.2 Å². The quantitative estimate of drug-likeness (QED) is 0.740. The summed E-state index contributed by atoms with van der Waals surface area (Å²) < 4.78 is 0. The molecule has 2 aliphatic rings. The average molecular weight is 335 g/mol. The predicted octanol–water partition coefficient (Wildman–Crippen LogP) is 3.91.